The molecule has 7 heteroatoms. The van der Waals surface area contributed by atoms with E-state index in [1.54, 1.807) is 13.0 Å². The Labute approximate surface area is 131 Å². The number of thioether (sulfide) groups is 1. The number of amides is 3. The first kappa shape index (κ1) is 16.2. The number of rotatable bonds is 5. The van der Waals surface area contributed by atoms with Crippen LogP contribution >= 0.6 is 11.8 Å². The van der Waals surface area contributed by atoms with Gasteiger partial charge < -0.3 is 5.32 Å². The van der Waals surface area contributed by atoms with E-state index in [0.717, 1.165) is 16.7 Å². The first-order valence-electron chi connectivity index (χ1n) is 6.79. The van der Waals surface area contributed by atoms with Gasteiger partial charge >= 0.3 is 0 Å². The molecule has 2 rings (SSSR count). The minimum Gasteiger partial charge on any atom is -0.354 e. The second kappa shape index (κ2) is 7.22. The number of halogens is 1. The van der Waals surface area contributed by atoms with Crippen LogP contribution in [0, 0.1) is 5.82 Å². The van der Waals surface area contributed by atoms with Gasteiger partial charge in [0.25, 0.3) is 11.1 Å². The van der Waals surface area contributed by atoms with Gasteiger partial charge in [0, 0.05) is 19.5 Å². The second-order valence-corrected chi connectivity index (χ2v) is 5.58. The van der Waals surface area contributed by atoms with Gasteiger partial charge in [0.1, 0.15) is 5.82 Å². The number of carbonyl (C=O) groups is 3. The standard InChI is InChI=1S/C15H15FN2O3S/c1-2-13(19)17-7-8-18-14(20)12(22-15(18)21)9-10-3-5-11(16)6-4-10/h3-6,9H,2,7-8H2,1H3,(H,17,19). The highest BCUT2D eigenvalue weighted by molar-refractivity contribution is 8.18. The number of nitrogens with zero attached hydrogens (tertiary/aromatic N) is 1. The van der Waals surface area contributed by atoms with Gasteiger partial charge in [0.05, 0.1) is 4.91 Å². The molecule has 1 aliphatic rings. The van der Waals surface area contributed by atoms with Crippen LogP contribution in [0.15, 0.2) is 29.2 Å². The average Bonchev–Trinajstić information content (AvgIpc) is 2.76. The van der Waals surface area contributed by atoms with Gasteiger partial charge in [-0.1, -0.05) is 19.1 Å². The zero-order valence-electron chi connectivity index (χ0n) is 12.0. The van der Waals surface area contributed by atoms with Gasteiger partial charge in [-0.2, -0.15) is 0 Å². The Kier molecular flexibility index (Phi) is 5.32. The molecule has 1 fully saturated rings. The van der Waals surface area contributed by atoms with Crippen LogP contribution in [0.3, 0.4) is 0 Å². The lowest BCUT2D eigenvalue weighted by Gasteiger charge is -2.12. The van der Waals surface area contributed by atoms with Crippen molar-refractivity contribution in [3.05, 3.63) is 40.6 Å². The SMILES string of the molecule is CCC(=O)NCCN1C(=O)SC(=Cc2ccc(F)cc2)C1=O. The van der Waals surface area contributed by atoms with Crippen LogP contribution in [0.25, 0.3) is 6.08 Å². The summed E-state index contributed by atoms with van der Waals surface area (Å²) in [6, 6.07) is 5.64. The lowest BCUT2D eigenvalue weighted by molar-refractivity contribution is -0.124. The molecule has 1 N–H and O–H groups in total. The van der Waals surface area contributed by atoms with E-state index >= 15 is 0 Å². The van der Waals surface area contributed by atoms with Crippen LogP contribution in [-0.4, -0.2) is 35.0 Å². The Morgan fingerprint density at radius 1 is 1.32 bits per heavy atom. The van der Waals surface area contributed by atoms with Crippen molar-refractivity contribution in [1.82, 2.24) is 10.2 Å². The predicted molar refractivity (Wildman–Crippen MR) is 82.4 cm³/mol. The number of benzene rings is 1. The van der Waals surface area contributed by atoms with E-state index in [1.165, 1.54) is 24.3 Å². The Bertz CT molecular complexity index is 628. The van der Waals surface area contributed by atoms with E-state index in [-0.39, 0.29) is 30.1 Å². The van der Waals surface area contributed by atoms with E-state index < -0.39 is 5.91 Å². The molecule has 1 saturated heterocycles. The number of hydrogen-bond acceptors (Lipinski definition) is 4. The summed E-state index contributed by atoms with van der Waals surface area (Å²) in [6.45, 7) is 2.09. The van der Waals surface area contributed by atoms with E-state index in [0.29, 0.717) is 16.9 Å². The molecule has 0 atom stereocenters. The molecular formula is C15H15FN2O3S. The normalized spacial score (nSPS) is 16.5. The van der Waals surface area contributed by atoms with Crippen molar-refractivity contribution in [2.24, 2.45) is 0 Å². The molecule has 0 saturated carbocycles. The third-order valence-corrected chi connectivity index (χ3v) is 3.93. The number of carbonyl (C=O) groups excluding carboxylic acids is 3. The highest BCUT2D eigenvalue weighted by atomic mass is 32.2. The topological polar surface area (TPSA) is 66.5 Å². The van der Waals surface area contributed by atoms with Gasteiger partial charge in [-0.25, -0.2) is 4.39 Å². The maximum absolute atomic E-state index is 12.8. The van der Waals surface area contributed by atoms with E-state index in [2.05, 4.69) is 5.32 Å². The van der Waals surface area contributed by atoms with Crippen LogP contribution in [0.1, 0.15) is 18.9 Å². The third-order valence-electron chi connectivity index (χ3n) is 3.02. The Hall–Kier alpha value is -2.15. The van der Waals surface area contributed by atoms with Crippen molar-refractivity contribution in [3.8, 4) is 0 Å². The summed E-state index contributed by atoms with van der Waals surface area (Å²) in [5.74, 6) is -0.893. The molecule has 1 aromatic carbocycles. The van der Waals surface area contributed by atoms with Crippen molar-refractivity contribution in [2.75, 3.05) is 13.1 Å². The fourth-order valence-corrected chi connectivity index (χ4v) is 2.70. The van der Waals surface area contributed by atoms with Crippen molar-refractivity contribution in [3.63, 3.8) is 0 Å². The molecular weight excluding hydrogens is 307 g/mol. The zero-order valence-corrected chi connectivity index (χ0v) is 12.8. The highest BCUT2D eigenvalue weighted by Crippen LogP contribution is 2.31. The molecule has 0 spiro atoms. The minimum absolute atomic E-state index is 0.131. The predicted octanol–water partition coefficient (Wildman–Crippen LogP) is 2.39. The van der Waals surface area contributed by atoms with Gasteiger partial charge in [-0.15, -0.1) is 0 Å². The Balaban J connectivity index is 2.02. The van der Waals surface area contributed by atoms with Crippen LogP contribution in [-0.2, 0) is 9.59 Å². The summed E-state index contributed by atoms with van der Waals surface area (Å²) in [5, 5.41) is 2.24. The Morgan fingerprint density at radius 2 is 2.00 bits per heavy atom. The second-order valence-electron chi connectivity index (χ2n) is 4.59. The van der Waals surface area contributed by atoms with Crippen molar-refractivity contribution >= 4 is 34.9 Å². The molecule has 0 aliphatic carbocycles. The molecule has 1 aromatic rings. The van der Waals surface area contributed by atoms with E-state index in [4.69, 9.17) is 0 Å². The molecule has 3 amide bonds. The maximum atomic E-state index is 12.8. The third kappa shape index (κ3) is 3.94. The molecule has 5 nitrogen and oxygen atoms in total. The summed E-state index contributed by atoms with van der Waals surface area (Å²) in [7, 11) is 0. The van der Waals surface area contributed by atoms with E-state index in [1.807, 2.05) is 0 Å². The smallest absolute Gasteiger partial charge is 0.293 e. The minimum atomic E-state index is -0.398. The fraction of sp³-hybridized carbons (Fsp3) is 0.267. The first-order valence-corrected chi connectivity index (χ1v) is 7.60. The van der Waals surface area contributed by atoms with Crippen molar-refractivity contribution in [1.29, 1.82) is 0 Å². The molecule has 0 radical (unpaired) electrons. The van der Waals surface area contributed by atoms with Gasteiger partial charge in [0.15, 0.2) is 0 Å². The van der Waals surface area contributed by atoms with Crippen LogP contribution in [0.4, 0.5) is 9.18 Å². The molecule has 0 aromatic heterocycles. The molecule has 1 heterocycles. The zero-order chi connectivity index (χ0) is 16.1. The van der Waals surface area contributed by atoms with Crippen molar-refractivity contribution in [2.45, 2.75) is 13.3 Å². The number of hydrogen-bond donors (Lipinski definition) is 1. The molecule has 116 valence electrons. The summed E-state index contributed by atoms with van der Waals surface area (Å²) >= 11 is 0.837. The van der Waals surface area contributed by atoms with Crippen LogP contribution < -0.4 is 5.32 Å². The van der Waals surface area contributed by atoms with Crippen LogP contribution in [0.5, 0.6) is 0 Å². The first-order chi connectivity index (χ1) is 10.5. The summed E-state index contributed by atoms with van der Waals surface area (Å²) in [6.07, 6.45) is 1.90. The largest absolute Gasteiger partial charge is 0.354 e. The highest BCUT2D eigenvalue weighted by Gasteiger charge is 2.34. The molecule has 0 bridgehead atoms. The molecule has 22 heavy (non-hydrogen) atoms. The summed E-state index contributed by atoms with van der Waals surface area (Å²) in [5.41, 5.74) is 0.645. The van der Waals surface area contributed by atoms with Gasteiger partial charge in [-0.3, -0.25) is 19.3 Å². The Morgan fingerprint density at radius 3 is 2.64 bits per heavy atom. The van der Waals surface area contributed by atoms with Crippen LogP contribution in [0.2, 0.25) is 0 Å². The molecule has 0 unspecified atom stereocenters. The quantitative estimate of drug-likeness (QED) is 0.845. The number of imide groups is 1. The monoisotopic (exact) mass is 322 g/mol. The van der Waals surface area contributed by atoms with E-state index in [9.17, 15) is 18.8 Å². The number of nitrogens with one attached hydrogen (secondary N) is 1. The van der Waals surface area contributed by atoms with Gasteiger partial charge in [-0.05, 0) is 35.5 Å². The maximum Gasteiger partial charge on any atom is 0.293 e. The lowest BCUT2D eigenvalue weighted by Crippen LogP contribution is -2.37. The average molecular weight is 322 g/mol. The van der Waals surface area contributed by atoms with Gasteiger partial charge in [0.2, 0.25) is 5.91 Å². The summed E-state index contributed by atoms with van der Waals surface area (Å²) in [4.78, 5) is 36.5. The summed E-state index contributed by atoms with van der Waals surface area (Å²) < 4.78 is 12.8. The fourth-order valence-electron chi connectivity index (χ4n) is 1.84. The molecule has 1 aliphatic heterocycles. The lowest BCUT2D eigenvalue weighted by atomic mass is 10.2. The van der Waals surface area contributed by atoms with Crippen molar-refractivity contribution < 1.29 is 18.8 Å².